The summed E-state index contributed by atoms with van der Waals surface area (Å²) < 4.78 is 0. The average Bonchev–Trinajstić information content (AvgIpc) is 1.82. The number of nitrogens with zero attached hydrogens (tertiary/aromatic N) is 1. The predicted octanol–water partition coefficient (Wildman–Crippen LogP) is 0.296. The van der Waals surface area contributed by atoms with Crippen molar-refractivity contribution in [3.8, 4) is 0 Å². The van der Waals surface area contributed by atoms with Crippen molar-refractivity contribution in [2.24, 2.45) is 11.7 Å². The molecular formula is C9H22N2O2. The van der Waals surface area contributed by atoms with E-state index in [0.29, 0.717) is 0 Å². The number of rotatable bonds is 4. The molecular weight excluding hydrogens is 168 g/mol. The van der Waals surface area contributed by atoms with Crippen molar-refractivity contribution in [1.82, 2.24) is 4.90 Å². The third kappa shape index (κ3) is 2.91. The molecule has 0 aliphatic carbocycles. The maximum Gasteiger partial charge on any atom is 0.108 e. The van der Waals surface area contributed by atoms with Crippen molar-refractivity contribution in [3.05, 3.63) is 0 Å². The van der Waals surface area contributed by atoms with Gasteiger partial charge in [0.15, 0.2) is 0 Å². The lowest BCUT2D eigenvalue weighted by molar-refractivity contribution is -0.152. The van der Waals surface area contributed by atoms with Crippen LogP contribution < -0.4 is 5.73 Å². The quantitative estimate of drug-likeness (QED) is 0.557. The molecule has 0 aromatic heterocycles. The van der Waals surface area contributed by atoms with Gasteiger partial charge in [0.05, 0.1) is 5.66 Å². The van der Waals surface area contributed by atoms with Crippen LogP contribution in [0.2, 0.25) is 0 Å². The first kappa shape index (κ1) is 12.8. The molecule has 0 heterocycles. The highest BCUT2D eigenvalue weighted by Gasteiger charge is 2.36. The number of hydrogen-bond acceptors (Lipinski definition) is 4. The van der Waals surface area contributed by atoms with Crippen molar-refractivity contribution in [2.45, 2.75) is 52.7 Å². The lowest BCUT2D eigenvalue weighted by Crippen LogP contribution is -2.63. The zero-order valence-electron chi connectivity index (χ0n) is 9.15. The minimum atomic E-state index is -0.752. The first-order valence-electron chi connectivity index (χ1n) is 4.64. The van der Waals surface area contributed by atoms with Crippen LogP contribution in [0.1, 0.15) is 34.6 Å². The number of nitrogens with two attached hydrogens (primary N) is 1. The highest BCUT2D eigenvalue weighted by Crippen LogP contribution is 2.22. The van der Waals surface area contributed by atoms with Gasteiger partial charge in [0.1, 0.15) is 12.5 Å². The molecule has 0 amide bonds. The van der Waals surface area contributed by atoms with Crippen LogP contribution in [0.15, 0.2) is 0 Å². The molecule has 0 saturated heterocycles. The number of hydrogen-bond donors (Lipinski definition) is 3. The van der Waals surface area contributed by atoms with Gasteiger partial charge in [0.2, 0.25) is 0 Å². The molecule has 0 bridgehead atoms. The summed E-state index contributed by atoms with van der Waals surface area (Å²) in [5.74, 6) is 0.150. The summed E-state index contributed by atoms with van der Waals surface area (Å²) in [4.78, 5) is 1.48. The van der Waals surface area contributed by atoms with Gasteiger partial charge in [-0.1, -0.05) is 13.8 Å². The molecule has 3 unspecified atom stereocenters. The first-order chi connectivity index (χ1) is 5.71. The van der Waals surface area contributed by atoms with Crippen molar-refractivity contribution in [1.29, 1.82) is 0 Å². The second-order valence-corrected chi connectivity index (χ2v) is 4.05. The molecule has 0 spiro atoms. The van der Waals surface area contributed by atoms with Gasteiger partial charge in [-0.05, 0) is 26.7 Å². The fourth-order valence-corrected chi connectivity index (χ4v) is 1.42. The van der Waals surface area contributed by atoms with E-state index in [2.05, 4.69) is 0 Å². The van der Waals surface area contributed by atoms with E-state index >= 15 is 0 Å². The molecule has 4 N–H and O–H groups in total. The molecule has 80 valence electrons. The number of aliphatic hydroxyl groups excluding tert-OH is 2. The normalized spacial score (nSPS) is 21.7. The summed E-state index contributed by atoms with van der Waals surface area (Å²) in [5, 5.41) is 18.9. The van der Waals surface area contributed by atoms with Crippen LogP contribution in [0.4, 0.5) is 0 Å². The van der Waals surface area contributed by atoms with Gasteiger partial charge in [0.25, 0.3) is 0 Å². The molecule has 0 aromatic carbocycles. The van der Waals surface area contributed by atoms with E-state index < -0.39 is 18.1 Å². The molecule has 3 atom stereocenters. The zero-order valence-corrected chi connectivity index (χ0v) is 9.15. The Balaban J connectivity index is 4.73. The smallest absolute Gasteiger partial charge is 0.108 e. The van der Waals surface area contributed by atoms with Gasteiger partial charge >= 0.3 is 0 Å². The van der Waals surface area contributed by atoms with E-state index in [-0.39, 0.29) is 5.92 Å². The molecule has 0 aromatic rings. The second-order valence-electron chi connectivity index (χ2n) is 4.05. The Labute approximate surface area is 80.3 Å². The maximum atomic E-state index is 9.45. The summed E-state index contributed by atoms with van der Waals surface area (Å²) >= 11 is 0. The molecule has 0 aliphatic heterocycles. The SMILES string of the molecule is CC(O)N(C(C)O)C(C)(N)C(C)C. The largest absolute Gasteiger partial charge is 0.379 e. The fourth-order valence-electron chi connectivity index (χ4n) is 1.42. The standard InChI is InChI=1S/C9H22N2O2/c1-6(2)9(5,10)11(7(3)12)8(4)13/h6-8,12-13H,10H2,1-5H3. The van der Waals surface area contributed by atoms with Gasteiger partial charge in [-0.25, -0.2) is 4.90 Å². The van der Waals surface area contributed by atoms with E-state index in [4.69, 9.17) is 5.73 Å². The van der Waals surface area contributed by atoms with Crippen molar-refractivity contribution < 1.29 is 10.2 Å². The highest BCUT2D eigenvalue weighted by atomic mass is 16.3. The molecule has 0 fully saturated rings. The Morgan fingerprint density at radius 3 is 1.46 bits per heavy atom. The molecule has 0 radical (unpaired) electrons. The number of aliphatic hydroxyl groups is 2. The van der Waals surface area contributed by atoms with E-state index in [9.17, 15) is 10.2 Å². The molecule has 4 nitrogen and oxygen atoms in total. The van der Waals surface area contributed by atoms with Gasteiger partial charge in [-0.15, -0.1) is 0 Å². The Morgan fingerprint density at radius 1 is 1.08 bits per heavy atom. The monoisotopic (exact) mass is 190 g/mol. The van der Waals surface area contributed by atoms with Crippen LogP contribution >= 0.6 is 0 Å². The van der Waals surface area contributed by atoms with Crippen LogP contribution in [0.5, 0.6) is 0 Å². The third-order valence-electron chi connectivity index (χ3n) is 2.53. The van der Waals surface area contributed by atoms with E-state index in [1.165, 1.54) is 4.90 Å². The maximum absolute atomic E-state index is 9.45. The fraction of sp³-hybridized carbons (Fsp3) is 1.00. The Bertz CT molecular complexity index is 148. The summed E-state index contributed by atoms with van der Waals surface area (Å²) in [5.41, 5.74) is 5.31. The van der Waals surface area contributed by atoms with Crippen molar-refractivity contribution in [2.75, 3.05) is 0 Å². The minimum absolute atomic E-state index is 0.150. The lowest BCUT2D eigenvalue weighted by Gasteiger charge is -2.44. The van der Waals surface area contributed by atoms with Crippen LogP contribution in [-0.4, -0.2) is 33.2 Å². The molecule has 4 heteroatoms. The van der Waals surface area contributed by atoms with Gasteiger partial charge in [-0.2, -0.15) is 0 Å². The summed E-state index contributed by atoms with van der Waals surface area (Å²) in [7, 11) is 0. The second kappa shape index (κ2) is 4.37. The third-order valence-corrected chi connectivity index (χ3v) is 2.53. The van der Waals surface area contributed by atoms with Crippen LogP contribution in [0, 0.1) is 5.92 Å². The highest BCUT2D eigenvalue weighted by molar-refractivity contribution is 4.84. The van der Waals surface area contributed by atoms with Crippen LogP contribution in [0.3, 0.4) is 0 Å². The molecule has 13 heavy (non-hydrogen) atoms. The van der Waals surface area contributed by atoms with Gasteiger partial charge < -0.3 is 15.9 Å². The Morgan fingerprint density at radius 2 is 1.38 bits per heavy atom. The van der Waals surface area contributed by atoms with Crippen LogP contribution in [-0.2, 0) is 0 Å². The summed E-state index contributed by atoms with van der Waals surface area (Å²) in [6.07, 6.45) is -1.50. The minimum Gasteiger partial charge on any atom is -0.379 e. The molecule has 0 aliphatic rings. The van der Waals surface area contributed by atoms with Crippen molar-refractivity contribution >= 4 is 0 Å². The van der Waals surface area contributed by atoms with Gasteiger partial charge in [0, 0.05) is 0 Å². The predicted molar refractivity (Wildman–Crippen MR) is 52.6 cm³/mol. The first-order valence-corrected chi connectivity index (χ1v) is 4.64. The van der Waals surface area contributed by atoms with E-state index in [1.807, 2.05) is 13.8 Å². The van der Waals surface area contributed by atoms with Crippen LogP contribution in [0.25, 0.3) is 0 Å². The van der Waals surface area contributed by atoms with E-state index in [1.54, 1.807) is 20.8 Å². The topological polar surface area (TPSA) is 69.7 Å². The summed E-state index contributed by atoms with van der Waals surface area (Å²) in [6, 6.07) is 0. The zero-order chi connectivity index (χ0) is 10.8. The average molecular weight is 190 g/mol. The molecule has 0 saturated carbocycles. The Kier molecular flexibility index (Phi) is 4.32. The van der Waals surface area contributed by atoms with Gasteiger partial charge in [-0.3, -0.25) is 0 Å². The molecule has 0 rings (SSSR count). The Hall–Kier alpha value is -0.160. The lowest BCUT2D eigenvalue weighted by atomic mass is 9.96. The van der Waals surface area contributed by atoms with Crippen molar-refractivity contribution in [3.63, 3.8) is 0 Å². The van der Waals surface area contributed by atoms with E-state index in [0.717, 1.165) is 0 Å². The summed E-state index contributed by atoms with van der Waals surface area (Å²) in [6.45, 7) is 8.91.